The quantitative estimate of drug-likeness (QED) is 0.505. The molecule has 160 valence electrons. The number of fused-ring (bicyclic) bond motifs is 1. The summed E-state index contributed by atoms with van der Waals surface area (Å²) in [6, 6.07) is 17.5. The van der Waals surface area contributed by atoms with Crippen LogP contribution in [0, 0.1) is 0 Å². The van der Waals surface area contributed by atoms with Crippen LogP contribution >= 0.6 is 0 Å². The minimum Gasteiger partial charge on any atom is -0.508 e. The van der Waals surface area contributed by atoms with Gasteiger partial charge in [0, 0.05) is 36.8 Å². The Morgan fingerprint density at radius 1 is 1.00 bits per heavy atom. The number of hydrogen-bond acceptors (Lipinski definition) is 6. The van der Waals surface area contributed by atoms with Crippen molar-refractivity contribution in [2.24, 2.45) is 0 Å². The molecular weight excluding hydrogens is 400 g/mol. The highest BCUT2D eigenvalue weighted by atomic mass is 16.5. The van der Waals surface area contributed by atoms with Crippen molar-refractivity contribution in [2.75, 3.05) is 13.1 Å². The number of aromatic hydroxyl groups is 1. The minimum atomic E-state index is -0.0299. The van der Waals surface area contributed by atoms with Crippen LogP contribution in [0.2, 0.25) is 0 Å². The van der Waals surface area contributed by atoms with Crippen molar-refractivity contribution < 1.29 is 9.63 Å². The summed E-state index contributed by atoms with van der Waals surface area (Å²) in [6.07, 6.45) is 6.74. The average molecular weight is 425 g/mol. The lowest BCUT2D eigenvalue weighted by Gasteiger charge is -2.30. The summed E-state index contributed by atoms with van der Waals surface area (Å²) >= 11 is 0. The molecule has 2 aliphatic rings. The number of rotatable bonds is 5. The van der Waals surface area contributed by atoms with Crippen molar-refractivity contribution >= 4 is 0 Å². The van der Waals surface area contributed by atoms with Crippen molar-refractivity contribution in [1.82, 2.24) is 20.0 Å². The zero-order valence-electron chi connectivity index (χ0n) is 17.7. The molecule has 0 spiro atoms. The molecule has 1 aliphatic heterocycles. The van der Waals surface area contributed by atoms with Gasteiger partial charge in [-0.15, -0.1) is 0 Å². The van der Waals surface area contributed by atoms with Crippen LogP contribution in [0.1, 0.15) is 29.9 Å². The number of nitrogens with zero attached hydrogens (tertiary/aromatic N) is 4. The van der Waals surface area contributed by atoms with E-state index in [1.54, 1.807) is 18.5 Å². The molecule has 0 atom stereocenters. The number of phenols is 1. The smallest absolute Gasteiger partial charge is 0.152 e. The molecule has 1 saturated carbocycles. The van der Waals surface area contributed by atoms with E-state index in [1.807, 2.05) is 36.5 Å². The zero-order chi connectivity index (χ0) is 21.5. The van der Waals surface area contributed by atoms with E-state index in [4.69, 9.17) is 4.52 Å². The molecule has 0 radical (unpaired) electrons. The third kappa shape index (κ3) is 3.37. The summed E-state index contributed by atoms with van der Waals surface area (Å²) < 4.78 is 6.11. The minimum absolute atomic E-state index is 0.0299. The maximum atomic E-state index is 9.73. The van der Waals surface area contributed by atoms with Gasteiger partial charge in [0.15, 0.2) is 5.76 Å². The number of hydrogen-bond donors (Lipinski definition) is 1. The van der Waals surface area contributed by atoms with Gasteiger partial charge in [-0.3, -0.25) is 4.90 Å². The third-order valence-electron chi connectivity index (χ3n) is 6.71. The van der Waals surface area contributed by atoms with E-state index < -0.39 is 0 Å². The van der Waals surface area contributed by atoms with Crippen LogP contribution in [0.15, 0.2) is 71.6 Å². The maximum absolute atomic E-state index is 9.73. The highest BCUT2D eigenvalue weighted by Crippen LogP contribution is 2.54. The molecule has 32 heavy (non-hydrogen) atoms. The number of phenolic OH excluding ortho intramolecular Hbond substituents is 1. The molecule has 0 bridgehead atoms. The molecule has 1 N–H and O–H groups in total. The molecule has 6 heteroatoms. The Balaban J connectivity index is 1.37. The third-order valence-corrected chi connectivity index (χ3v) is 6.71. The average Bonchev–Trinajstić information content (AvgIpc) is 3.47. The van der Waals surface area contributed by atoms with Gasteiger partial charge in [-0.25, -0.2) is 9.97 Å². The summed E-state index contributed by atoms with van der Waals surface area (Å²) in [5, 5.41) is 14.3. The van der Waals surface area contributed by atoms with Crippen molar-refractivity contribution in [3.63, 3.8) is 0 Å². The van der Waals surface area contributed by atoms with Gasteiger partial charge >= 0.3 is 0 Å². The van der Waals surface area contributed by atoms with Gasteiger partial charge in [-0.05, 0) is 54.7 Å². The molecular formula is C26H24N4O2. The van der Waals surface area contributed by atoms with Crippen LogP contribution in [-0.4, -0.2) is 38.2 Å². The first-order valence-corrected chi connectivity index (χ1v) is 11.1. The molecule has 2 aromatic heterocycles. The van der Waals surface area contributed by atoms with E-state index >= 15 is 0 Å². The van der Waals surface area contributed by atoms with Gasteiger partial charge in [-0.1, -0.05) is 35.5 Å². The van der Waals surface area contributed by atoms with E-state index in [9.17, 15) is 5.11 Å². The van der Waals surface area contributed by atoms with Gasteiger partial charge in [0.2, 0.25) is 0 Å². The Morgan fingerprint density at radius 3 is 2.59 bits per heavy atom. The molecule has 0 amide bonds. The van der Waals surface area contributed by atoms with Crippen LogP contribution in [0.25, 0.3) is 22.4 Å². The first-order chi connectivity index (χ1) is 15.7. The van der Waals surface area contributed by atoms with Crippen LogP contribution in [-0.2, 0) is 18.4 Å². The SMILES string of the molecule is Oc1ccc(-c2noc(C3(CN4CCc5cncnc5C4)CC3)c2-c2ccccc2)cc1. The van der Waals surface area contributed by atoms with Crippen molar-refractivity contribution in [2.45, 2.75) is 31.2 Å². The fourth-order valence-corrected chi connectivity index (χ4v) is 4.82. The van der Waals surface area contributed by atoms with Crippen molar-refractivity contribution in [3.8, 4) is 28.1 Å². The molecule has 6 rings (SSSR count). The van der Waals surface area contributed by atoms with E-state index in [0.717, 1.165) is 72.7 Å². The van der Waals surface area contributed by atoms with Crippen molar-refractivity contribution in [1.29, 1.82) is 0 Å². The molecule has 6 nitrogen and oxygen atoms in total. The highest BCUT2D eigenvalue weighted by Gasteiger charge is 2.51. The van der Waals surface area contributed by atoms with E-state index in [1.165, 1.54) is 5.56 Å². The van der Waals surface area contributed by atoms with Gasteiger partial charge < -0.3 is 9.63 Å². The highest BCUT2D eigenvalue weighted by molar-refractivity contribution is 5.83. The number of benzene rings is 2. The lowest BCUT2D eigenvalue weighted by Crippen LogP contribution is -2.37. The predicted octanol–water partition coefficient (Wildman–Crippen LogP) is 4.59. The summed E-state index contributed by atoms with van der Waals surface area (Å²) in [7, 11) is 0. The lowest BCUT2D eigenvalue weighted by molar-refractivity contribution is 0.210. The van der Waals surface area contributed by atoms with E-state index in [-0.39, 0.29) is 11.2 Å². The summed E-state index contributed by atoms with van der Waals surface area (Å²) in [6.45, 7) is 2.78. The standard InChI is InChI=1S/C26H24N4O2/c31-21-8-6-19(7-9-21)24-23(18-4-2-1-3-5-18)25(32-29-24)26(11-12-26)16-30-13-10-20-14-27-17-28-22(20)15-30/h1-9,14,17,31H,10-13,15-16H2. The van der Waals surface area contributed by atoms with Crippen molar-refractivity contribution in [3.05, 3.63) is 84.1 Å². The summed E-state index contributed by atoms with van der Waals surface area (Å²) in [5.41, 5.74) is 6.30. The second kappa shape index (κ2) is 7.57. The van der Waals surface area contributed by atoms with Crippen LogP contribution in [0.3, 0.4) is 0 Å². The van der Waals surface area contributed by atoms with Crippen LogP contribution < -0.4 is 0 Å². The van der Waals surface area contributed by atoms with Gasteiger partial charge in [0.1, 0.15) is 17.8 Å². The Bertz CT molecular complexity index is 1250. The van der Waals surface area contributed by atoms with Crippen LogP contribution in [0.4, 0.5) is 0 Å². The molecule has 2 aromatic carbocycles. The molecule has 1 fully saturated rings. The molecule has 0 saturated heterocycles. The zero-order valence-corrected chi connectivity index (χ0v) is 17.7. The maximum Gasteiger partial charge on any atom is 0.152 e. The Hall–Kier alpha value is -3.51. The topological polar surface area (TPSA) is 75.3 Å². The molecule has 0 unspecified atom stereocenters. The summed E-state index contributed by atoms with van der Waals surface area (Å²) in [5.74, 6) is 1.21. The second-order valence-corrected chi connectivity index (χ2v) is 8.88. The molecule has 4 aromatic rings. The van der Waals surface area contributed by atoms with Gasteiger partial charge in [-0.2, -0.15) is 0 Å². The Labute approximate surface area is 186 Å². The van der Waals surface area contributed by atoms with Gasteiger partial charge in [0.25, 0.3) is 0 Å². The summed E-state index contributed by atoms with van der Waals surface area (Å²) in [4.78, 5) is 11.2. The number of aromatic nitrogens is 3. The molecule has 3 heterocycles. The first-order valence-electron chi connectivity index (χ1n) is 11.1. The largest absolute Gasteiger partial charge is 0.508 e. The first kappa shape index (κ1) is 19.2. The van der Waals surface area contributed by atoms with E-state index in [0.29, 0.717) is 0 Å². The fourth-order valence-electron chi connectivity index (χ4n) is 4.82. The normalized spacial score (nSPS) is 17.1. The monoisotopic (exact) mass is 424 g/mol. The lowest BCUT2D eigenvalue weighted by atomic mass is 9.91. The Kier molecular flexibility index (Phi) is 4.54. The molecule has 1 aliphatic carbocycles. The predicted molar refractivity (Wildman–Crippen MR) is 121 cm³/mol. The Morgan fingerprint density at radius 2 is 1.81 bits per heavy atom. The second-order valence-electron chi connectivity index (χ2n) is 8.88. The van der Waals surface area contributed by atoms with Gasteiger partial charge in [0.05, 0.1) is 11.3 Å². The van der Waals surface area contributed by atoms with E-state index in [2.05, 4.69) is 32.2 Å². The fraction of sp³-hybridized carbons (Fsp3) is 0.269. The van der Waals surface area contributed by atoms with Crippen LogP contribution in [0.5, 0.6) is 5.75 Å².